The zero-order chi connectivity index (χ0) is 22.7. The summed E-state index contributed by atoms with van der Waals surface area (Å²) in [4.78, 5) is 33.8. The predicted octanol–water partition coefficient (Wildman–Crippen LogP) is 3.16. The van der Waals surface area contributed by atoms with Crippen LogP contribution in [0.5, 0.6) is 5.75 Å². The van der Waals surface area contributed by atoms with Crippen LogP contribution in [0.15, 0.2) is 24.5 Å². The molecule has 1 unspecified atom stereocenters. The van der Waals surface area contributed by atoms with Crippen molar-refractivity contribution < 1.29 is 23.5 Å². The van der Waals surface area contributed by atoms with Crippen LogP contribution in [-0.2, 0) is 9.53 Å². The molecule has 11 heteroatoms. The van der Waals surface area contributed by atoms with Gasteiger partial charge in [-0.2, -0.15) is 0 Å². The van der Waals surface area contributed by atoms with Crippen molar-refractivity contribution in [2.75, 3.05) is 19.0 Å². The Balaban J connectivity index is 1.98. The highest BCUT2D eigenvalue weighted by molar-refractivity contribution is 7.20. The standard InChI is InChI=1S/C20H22FN5O4S/c1-5-26(22)19(27)11(3)30-14-8-12(21)6-7-13(14)25-17-15-10(2)16(20(28)29-4)31-18(15)24-9-23-17/h6-9,11H,5,22H2,1-4H3,(H,23,24,25). The van der Waals surface area contributed by atoms with Crippen LogP contribution >= 0.6 is 11.3 Å². The maximum Gasteiger partial charge on any atom is 0.348 e. The number of nitrogens with one attached hydrogen (secondary N) is 1. The van der Waals surface area contributed by atoms with E-state index in [0.717, 1.165) is 11.1 Å². The van der Waals surface area contributed by atoms with E-state index in [1.165, 1.54) is 43.8 Å². The van der Waals surface area contributed by atoms with Gasteiger partial charge in [0.15, 0.2) is 6.10 Å². The van der Waals surface area contributed by atoms with Crippen molar-refractivity contribution in [2.45, 2.75) is 26.9 Å². The average Bonchev–Trinajstić information content (AvgIpc) is 3.11. The van der Waals surface area contributed by atoms with Gasteiger partial charge in [0.05, 0.1) is 18.2 Å². The summed E-state index contributed by atoms with van der Waals surface area (Å²) in [6.45, 7) is 5.33. The summed E-state index contributed by atoms with van der Waals surface area (Å²) in [7, 11) is 1.31. The average molecular weight is 447 g/mol. The normalized spacial score (nSPS) is 11.8. The van der Waals surface area contributed by atoms with E-state index in [1.807, 2.05) is 0 Å². The van der Waals surface area contributed by atoms with Crippen LogP contribution < -0.4 is 15.9 Å². The Morgan fingerprint density at radius 2 is 2.10 bits per heavy atom. The van der Waals surface area contributed by atoms with Crippen molar-refractivity contribution in [3.63, 3.8) is 0 Å². The number of nitrogens with zero attached hydrogens (tertiary/aromatic N) is 3. The van der Waals surface area contributed by atoms with Gasteiger partial charge in [0.25, 0.3) is 5.91 Å². The van der Waals surface area contributed by atoms with Crippen molar-refractivity contribution in [2.24, 2.45) is 5.84 Å². The molecule has 1 aromatic carbocycles. The molecule has 0 spiro atoms. The predicted molar refractivity (Wildman–Crippen MR) is 115 cm³/mol. The summed E-state index contributed by atoms with van der Waals surface area (Å²) in [6, 6.07) is 3.89. The lowest BCUT2D eigenvalue weighted by Crippen LogP contribution is -2.44. The summed E-state index contributed by atoms with van der Waals surface area (Å²) in [5.41, 5.74) is 1.04. The Morgan fingerprint density at radius 1 is 1.35 bits per heavy atom. The van der Waals surface area contributed by atoms with Crippen molar-refractivity contribution in [1.82, 2.24) is 15.0 Å². The van der Waals surface area contributed by atoms with E-state index in [-0.39, 0.29) is 5.75 Å². The van der Waals surface area contributed by atoms with Gasteiger partial charge in [-0.1, -0.05) is 0 Å². The molecule has 0 radical (unpaired) electrons. The largest absolute Gasteiger partial charge is 0.479 e. The number of halogens is 1. The number of thiophene rings is 1. The molecule has 3 rings (SSSR count). The number of fused-ring (bicyclic) bond motifs is 1. The van der Waals surface area contributed by atoms with Crippen LogP contribution in [0.2, 0.25) is 0 Å². The molecule has 3 aromatic rings. The Labute approximate surface area is 182 Å². The van der Waals surface area contributed by atoms with Crippen LogP contribution in [0.1, 0.15) is 29.1 Å². The lowest BCUT2D eigenvalue weighted by atomic mass is 10.2. The number of nitrogens with two attached hydrogens (primary N) is 1. The molecule has 0 saturated heterocycles. The van der Waals surface area contributed by atoms with Gasteiger partial charge in [0.2, 0.25) is 0 Å². The SMILES string of the molecule is CCN(N)C(=O)C(C)Oc1cc(F)ccc1Nc1ncnc2sc(C(=O)OC)c(C)c12. The number of benzene rings is 1. The number of hydrogen-bond donors (Lipinski definition) is 2. The van der Waals surface area contributed by atoms with Gasteiger partial charge >= 0.3 is 5.97 Å². The van der Waals surface area contributed by atoms with E-state index in [9.17, 15) is 14.0 Å². The first kappa shape index (κ1) is 22.4. The highest BCUT2D eigenvalue weighted by Gasteiger charge is 2.23. The van der Waals surface area contributed by atoms with Crippen molar-refractivity contribution >= 4 is 44.9 Å². The number of ether oxygens (including phenoxy) is 2. The highest BCUT2D eigenvalue weighted by Crippen LogP contribution is 2.36. The monoisotopic (exact) mass is 447 g/mol. The van der Waals surface area contributed by atoms with Crippen molar-refractivity contribution in [3.8, 4) is 5.75 Å². The second-order valence-electron chi connectivity index (χ2n) is 6.60. The number of esters is 1. The molecule has 0 saturated carbocycles. The Bertz CT molecular complexity index is 1140. The molecule has 0 aliphatic carbocycles. The van der Waals surface area contributed by atoms with Gasteiger partial charge in [0.1, 0.15) is 33.4 Å². The number of amides is 1. The molecule has 0 bridgehead atoms. The number of rotatable bonds is 7. The fourth-order valence-electron chi connectivity index (χ4n) is 2.91. The number of methoxy groups -OCH3 is 1. The zero-order valence-corrected chi connectivity index (χ0v) is 18.2. The number of likely N-dealkylation sites (N-methyl/N-ethyl adjacent to an activating group) is 1. The molecule has 0 aliphatic rings. The summed E-state index contributed by atoms with van der Waals surface area (Å²) in [5, 5.41) is 4.75. The van der Waals surface area contributed by atoms with E-state index in [2.05, 4.69) is 15.3 Å². The molecule has 3 N–H and O–H groups in total. The fourth-order valence-corrected chi connectivity index (χ4v) is 3.98. The first-order valence-electron chi connectivity index (χ1n) is 9.38. The van der Waals surface area contributed by atoms with E-state index < -0.39 is 23.8 Å². The smallest absolute Gasteiger partial charge is 0.348 e. The molecule has 1 amide bonds. The molecule has 1 atom stereocenters. The second kappa shape index (κ2) is 9.23. The number of aryl methyl sites for hydroxylation is 1. The molecule has 2 aromatic heterocycles. The first-order chi connectivity index (χ1) is 14.8. The van der Waals surface area contributed by atoms with Crippen molar-refractivity contribution in [3.05, 3.63) is 40.8 Å². The Morgan fingerprint density at radius 3 is 2.77 bits per heavy atom. The fraction of sp³-hybridized carbons (Fsp3) is 0.300. The third kappa shape index (κ3) is 4.57. The minimum atomic E-state index is -0.938. The van der Waals surface area contributed by atoms with Gasteiger partial charge in [-0.25, -0.2) is 25.0 Å². The van der Waals surface area contributed by atoms with Crippen LogP contribution in [0.3, 0.4) is 0 Å². The Kier molecular flexibility index (Phi) is 6.66. The van der Waals surface area contributed by atoms with Crippen LogP contribution in [0, 0.1) is 12.7 Å². The van der Waals surface area contributed by atoms with E-state index in [1.54, 1.807) is 13.8 Å². The third-order valence-corrected chi connectivity index (χ3v) is 5.75. The number of carbonyl (C=O) groups excluding carboxylic acids is 2. The highest BCUT2D eigenvalue weighted by atomic mass is 32.1. The van der Waals surface area contributed by atoms with Crippen LogP contribution in [0.25, 0.3) is 10.2 Å². The number of hydrogen-bond acceptors (Lipinski definition) is 9. The molecule has 2 heterocycles. The van der Waals surface area contributed by atoms with E-state index >= 15 is 0 Å². The van der Waals surface area contributed by atoms with Gasteiger partial charge < -0.3 is 14.8 Å². The molecule has 31 heavy (non-hydrogen) atoms. The number of anilines is 2. The lowest BCUT2D eigenvalue weighted by Gasteiger charge is -2.21. The molecule has 0 fully saturated rings. The maximum atomic E-state index is 13.9. The summed E-state index contributed by atoms with van der Waals surface area (Å²) in [5.74, 6) is 4.70. The maximum absolute atomic E-state index is 13.9. The van der Waals surface area contributed by atoms with E-state index in [4.69, 9.17) is 15.3 Å². The van der Waals surface area contributed by atoms with Crippen LogP contribution in [-0.4, -0.2) is 46.6 Å². The van der Waals surface area contributed by atoms with Crippen LogP contribution in [0.4, 0.5) is 15.9 Å². The van der Waals surface area contributed by atoms with Gasteiger partial charge in [0, 0.05) is 12.6 Å². The minimum absolute atomic E-state index is 0.109. The van der Waals surface area contributed by atoms with Gasteiger partial charge in [-0.15, -0.1) is 11.3 Å². The second-order valence-corrected chi connectivity index (χ2v) is 7.60. The molecule has 0 aliphatic heterocycles. The Hall–Kier alpha value is -3.31. The zero-order valence-electron chi connectivity index (χ0n) is 17.4. The molecular formula is C20H22FN5O4S. The first-order valence-corrected chi connectivity index (χ1v) is 10.2. The number of aromatic nitrogens is 2. The molecular weight excluding hydrogens is 425 g/mol. The quantitative estimate of drug-likeness (QED) is 0.245. The number of carbonyl (C=O) groups is 2. The number of hydrazine groups is 1. The summed E-state index contributed by atoms with van der Waals surface area (Å²) >= 11 is 1.19. The van der Waals surface area contributed by atoms with E-state index in [0.29, 0.717) is 38.7 Å². The third-order valence-electron chi connectivity index (χ3n) is 4.57. The topological polar surface area (TPSA) is 120 Å². The molecule has 9 nitrogen and oxygen atoms in total. The van der Waals surface area contributed by atoms with Gasteiger partial charge in [-0.05, 0) is 38.5 Å². The van der Waals surface area contributed by atoms with Crippen molar-refractivity contribution in [1.29, 1.82) is 0 Å². The minimum Gasteiger partial charge on any atom is -0.479 e. The van der Waals surface area contributed by atoms with Gasteiger partial charge in [-0.3, -0.25) is 9.80 Å². The lowest BCUT2D eigenvalue weighted by molar-refractivity contribution is -0.138. The summed E-state index contributed by atoms with van der Waals surface area (Å²) < 4.78 is 24.4. The summed E-state index contributed by atoms with van der Waals surface area (Å²) in [6.07, 6.45) is 0.414. The molecule has 164 valence electrons.